The number of benzene rings is 1. The zero-order valence-corrected chi connectivity index (χ0v) is 25.8. The monoisotopic (exact) mass is 649 g/mol. The molecular weight excluding hydrogens is 606 g/mol. The number of piperazine rings is 1. The van der Waals surface area contributed by atoms with E-state index in [4.69, 9.17) is 30.6 Å². The largest absolute Gasteiger partial charge is 0.478 e. The second-order valence-electron chi connectivity index (χ2n) is 10.3. The van der Waals surface area contributed by atoms with Crippen LogP contribution in [0.1, 0.15) is 30.9 Å². The van der Waals surface area contributed by atoms with Crippen molar-refractivity contribution in [2.75, 3.05) is 53.4 Å². The lowest BCUT2D eigenvalue weighted by atomic mass is 10.0. The van der Waals surface area contributed by atoms with E-state index in [0.717, 1.165) is 12.5 Å². The van der Waals surface area contributed by atoms with Crippen LogP contribution >= 0.6 is 0 Å². The first-order chi connectivity index (χ1) is 21.6. The van der Waals surface area contributed by atoms with E-state index in [1.807, 2.05) is 0 Å². The Balaban J connectivity index is 0.000000699. The van der Waals surface area contributed by atoms with Crippen molar-refractivity contribution in [3.8, 4) is 0 Å². The quantitative estimate of drug-likeness (QED) is 0.167. The van der Waals surface area contributed by atoms with Crippen molar-refractivity contribution in [2.45, 2.75) is 25.3 Å². The fraction of sp³-hybridized carbons (Fsp3) is 0.419. The van der Waals surface area contributed by atoms with Crippen LogP contribution in [0.4, 0.5) is 0 Å². The smallest absolute Gasteiger partial charge is 0.328 e. The van der Waals surface area contributed by atoms with E-state index in [2.05, 4.69) is 59.1 Å². The van der Waals surface area contributed by atoms with Crippen molar-refractivity contribution in [1.82, 2.24) is 14.7 Å². The fourth-order valence-corrected chi connectivity index (χ4v) is 3.97. The average Bonchev–Trinajstić information content (AvgIpc) is 3.80. The van der Waals surface area contributed by atoms with Crippen molar-refractivity contribution >= 4 is 35.8 Å². The molecule has 6 N–H and O–H groups in total. The van der Waals surface area contributed by atoms with Crippen molar-refractivity contribution in [3.05, 3.63) is 72.4 Å². The maximum Gasteiger partial charge on any atom is 0.328 e. The van der Waals surface area contributed by atoms with E-state index < -0.39 is 35.8 Å². The molecule has 15 nitrogen and oxygen atoms in total. The van der Waals surface area contributed by atoms with E-state index >= 15 is 0 Å². The summed E-state index contributed by atoms with van der Waals surface area (Å²) in [6, 6.07) is 11.7. The van der Waals surface area contributed by atoms with Crippen LogP contribution in [-0.2, 0) is 28.8 Å². The Kier molecular flexibility index (Phi) is 21.0. The zero-order chi connectivity index (χ0) is 35.1. The molecule has 1 aliphatic carbocycles. The van der Waals surface area contributed by atoms with E-state index in [9.17, 15) is 28.8 Å². The highest BCUT2D eigenvalue weighted by Crippen LogP contribution is 2.31. The van der Waals surface area contributed by atoms with Gasteiger partial charge in [-0.05, 0) is 51.4 Å². The molecule has 1 aromatic carbocycles. The SMILES string of the molecule is CN(C)CCC(c1ccccc1)N1CCN(CC2CC2)CC1.O=C(O)C=CC(=O)O.O=C(O)C=CC(=O)O.O=C(O)C=CC(=O)O. The van der Waals surface area contributed by atoms with Gasteiger partial charge in [0.2, 0.25) is 0 Å². The van der Waals surface area contributed by atoms with E-state index in [1.54, 1.807) is 0 Å². The topological polar surface area (TPSA) is 234 Å². The Bertz CT molecular complexity index is 1070. The molecule has 0 amide bonds. The molecule has 254 valence electrons. The lowest BCUT2D eigenvalue weighted by Gasteiger charge is -2.40. The second-order valence-corrected chi connectivity index (χ2v) is 10.3. The van der Waals surface area contributed by atoms with Gasteiger partial charge in [-0.1, -0.05) is 30.3 Å². The van der Waals surface area contributed by atoms with Crippen LogP contribution in [0, 0.1) is 5.92 Å². The molecule has 0 radical (unpaired) electrons. The highest BCUT2D eigenvalue weighted by molar-refractivity contribution is 5.90. The summed E-state index contributed by atoms with van der Waals surface area (Å²) in [6.07, 6.45) is 7.50. The Morgan fingerprint density at radius 1 is 0.674 bits per heavy atom. The molecule has 0 spiro atoms. The number of carboxylic acids is 6. The Hall–Kier alpha value is -4.86. The average molecular weight is 650 g/mol. The maximum atomic E-state index is 9.55. The highest BCUT2D eigenvalue weighted by atomic mass is 16.4. The van der Waals surface area contributed by atoms with Gasteiger partial charge in [0.15, 0.2) is 0 Å². The number of hydrogen-bond acceptors (Lipinski definition) is 9. The summed E-state index contributed by atoms with van der Waals surface area (Å²) in [5.74, 6) is -6.52. The van der Waals surface area contributed by atoms with Crippen molar-refractivity contribution in [3.63, 3.8) is 0 Å². The third kappa shape index (κ3) is 24.6. The van der Waals surface area contributed by atoms with Gasteiger partial charge in [-0.3, -0.25) is 4.90 Å². The molecule has 2 fully saturated rings. The molecule has 1 saturated carbocycles. The first-order valence-corrected chi connectivity index (χ1v) is 14.2. The predicted octanol–water partition coefficient (Wildman–Crippen LogP) is 1.84. The van der Waals surface area contributed by atoms with Gasteiger partial charge in [-0.25, -0.2) is 28.8 Å². The summed E-state index contributed by atoms with van der Waals surface area (Å²) >= 11 is 0. The van der Waals surface area contributed by atoms with E-state index in [1.165, 1.54) is 57.5 Å². The third-order valence-corrected chi connectivity index (χ3v) is 6.20. The van der Waals surface area contributed by atoms with Crippen molar-refractivity contribution < 1.29 is 59.4 Å². The van der Waals surface area contributed by atoms with Crippen LogP contribution < -0.4 is 0 Å². The number of rotatable bonds is 13. The summed E-state index contributed by atoms with van der Waals surface area (Å²) < 4.78 is 0. The number of aliphatic carboxylic acids is 6. The Morgan fingerprint density at radius 2 is 1.04 bits per heavy atom. The molecule has 15 heteroatoms. The second kappa shape index (κ2) is 23.5. The van der Waals surface area contributed by atoms with Crippen LogP contribution in [0.2, 0.25) is 0 Å². The van der Waals surface area contributed by atoms with Gasteiger partial charge in [0.25, 0.3) is 0 Å². The highest BCUT2D eigenvalue weighted by Gasteiger charge is 2.29. The number of carbonyl (C=O) groups is 6. The van der Waals surface area contributed by atoms with Gasteiger partial charge in [-0.2, -0.15) is 0 Å². The molecule has 1 unspecified atom stereocenters. The van der Waals surface area contributed by atoms with Crippen LogP contribution in [0.3, 0.4) is 0 Å². The molecule has 1 atom stereocenters. The first-order valence-electron chi connectivity index (χ1n) is 14.2. The molecule has 1 aromatic rings. The summed E-state index contributed by atoms with van der Waals surface area (Å²) in [7, 11) is 4.35. The minimum Gasteiger partial charge on any atom is -0.478 e. The molecule has 1 aliphatic heterocycles. The number of hydrogen-bond donors (Lipinski definition) is 6. The molecule has 1 saturated heterocycles. The molecule has 0 aromatic heterocycles. The molecule has 1 heterocycles. The normalized spacial score (nSPS) is 15.5. The summed E-state index contributed by atoms with van der Waals surface area (Å²) in [4.78, 5) is 65.0. The lowest BCUT2D eigenvalue weighted by Crippen LogP contribution is -2.48. The molecular formula is C31H43N3O12. The third-order valence-electron chi connectivity index (χ3n) is 6.20. The Labute approximate surface area is 267 Å². The minimum atomic E-state index is -1.26. The van der Waals surface area contributed by atoms with Crippen molar-refractivity contribution in [2.24, 2.45) is 5.92 Å². The molecule has 46 heavy (non-hydrogen) atoms. The van der Waals surface area contributed by atoms with Crippen LogP contribution in [0.5, 0.6) is 0 Å². The van der Waals surface area contributed by atoms with Crippen LogP contribution in [-0.4, -0.2) is 135 Å². The van der Waals surface area contributed by atoms with Gasteiger partial charge in [0.1, 0.15) is 0 Å². The molecule has 2 aliphatic rings. The predicted molar refractivity (Wildman–Crippen MR) is 166 cm³/mol. The minimum absolute atomic E-state index is 0.558. The van der Waals surface area contributed by atoms with Gasteiger partial charge in [-0.15, -0.1) is 0 Å². The molecule has 0 bridgehead atoms. The first kappa shape index (κ1) is 41.1. The zero-order valence-electron chi connectivity index (χ0n) is 25.8. The van der Waals surface area contributed by atoms with E-state index in [-0.39, 0.29) is 0 Å². The van der Waals surface area contributed by atoms with Crippen LogP contribution in [0.25, 0.3) is 0 Å². The standard InChI is InChI=1S/C19H31N3.3C4H4O4/c1-20(2)11-10-19(18-6-4-3-5-7-18)22-14-12-21(13-15-22)16-17-8-9-17;3*5-3(6)1-2-4(7)8/h3-7,17,19H,8-16H2,1-2H3;3*1-2H,(H,5,6)(H,7,8). The number of nitrogens with zero attached hydrogens (tertiary/aromatic N) is 3. The molecule has 3 rings (SSSR count). The van der Waals surface area contributed by atoms with Gasteiger partial charge >= 0.3 is 35.8 Å². The van der Waals surface area contributed by atoms with Crippen LogP contribution in [0.15, 0.2) is 66.8 Å². The van der Waals surface area contributed by atoms with Gasteiger partial charge in [0.05, 0.1) is 0 Å². The summed E-state index contributed by atoms with van der Waals surface area (Å²) in [5, 5.41) is 46.9. The Morgan fingerprint density at radius 3 is 1.35 bits per heavy atom. The number of carboxylic acid groups (broad SMARTS) is 6. The summed E-state index contributed by atoms with van der Waals surface area (Å²) in [6.45, 7) is 7.45. The maximum absolute atomic E-state index is 9.55. The van der Waals surface area contributed by atoms with Crippen molar-refractivity contribution in [1.29, 1.82) is 0 Å². The fourth-order valence-electron chi connectivity index (χ4n) is 3.97. The van der Waals surface area contributed by atoms with Gasteiger partial charge in [0, 0.05) is 75.2 Å². The summed E-state index contributed by atoms with van der Waals surface area (Å²) in [5.41, 5.74) is 1.49. The lowest BCUT2D eigenvalue weighted by molar-refractivity contribution is -0.134. The van der Waals surface area contributed by atoms with Gasteiger partial charge < -0.3 is 40.4 Å². The van der Waals surface area contributed by atoms with E-state index in [0.29, 0.717) is 42.5 Å².